The van der Waals surface area contributed by atoms with Crippen LogP contribution in [0.25, 0.3) is 22.4 Å². The number of aromatic nitrogens is 1. The SMILES string of the molecule is CCOc1ccc(-c2c(-c3cccc(OC(F)(F)F)c3)cc3n2CCNC3=O)cc1F. The van der Waals surface area contributed by atoms with Crippen molar-refractivity contribution in [2.75, 3.05) is 13.2 Å². The van der Waals surface area contributed by atoms with Gasteiger partial charge in [-0.15, -0.1) is 13.2 Å². The molecule has 0 atom stereocenters. The third kappa shape index (κ3) is 4.21. The molecule has 0 saturated carbocycles. The molecule has 0 saturated heterocycles. The molecule has 9 heteroatoms. The molecule has 0 unspecified atom stereocenters. The summed E-state index contributed by atoms with van der Waals surface area (Å²) in [5, 5.41) is 2.73. The molecule has 0 bridgehead atoms. The molecule has 2 heterocycles. The van der Waals surface area contributed by atoms with Crippen LogP contribution in [-0.2, 0) is 6.54 Å². The second-order valence-corrected chi connectivity index (χ2v) is 6.85. The number of halogens is 4. The summed E-state index contributed by atoms with van der Waals surface area (Å²) in [6.45, 7) is 2.85. The van der Waals surface area contributed by atoms with Crippen LogP contribution in [0.2, 0.25) is 0 Å². The Morgan fingerprint density at radius 3 is 2.61 bits per heavy atom. The van der Waals surface area contributed by atoms with E-state index in [0.717, 1.165) is 0 Å². The summed E-state index contributed by atoms with van der Waals surface area (Å²) < 4.78 is 63.6. The lowest BCUT2D eigenvalue weighted by atomic mass is 10.0. The van der Waals surface area contributed by atoms with E-state index >= 15 is 0 Å². The van der Waals surface area contributed by atoms with E-state index in [4.69, 9.17) is 4.74 Å². The predicted octanol–water partition coefficient (Wildman–Crippen LogP) is 5.00. The summed E-state index contributed by atoms with van der Waals surface area (Å²) in [6.07, 6.45) is -4.83. The zero-order valence-electron chi connectivity index (χ0n) is 16.4. The Hall–Kier alpha value is -3.49. The van der Waals surface area contributed by atoms with E-state index in [2.05, 4.69) is 10.1 Å². The van der Waals surface area contributed by atoms with Gasteiger partial charge in [0.05, 0.1) is 12.3 Å². The molecule has 162 valence electrons. The number of benzene rings is 2. The topological polar surface area (TPSA) is 52.5 Å². The third-order valence-corrected chi connectivity index (χ3v) is 4.83. The van der Waals surface area contributed by atoms with Gasteiger partial charge in [0, 0.05) is 24.2 Å². The van der Waals surface area contributed by atoms with E-state index in [1.165, 1.54) is 30.3 Å². The van der Waals surface area contributed by atoms with Gasteiger partial charge in [-0.3, -0.25) is 4.79 Å². The Morgan fingerprint density at radius 2 is 1.90 bits per heavy atom. The largest absolute Gasteiger partial charge is 0.573 e. The lowest BCUT2D eigenvalue weighted by molar-refractivity contribution is -0.274. The fourth-order valence-electron chi connectivity index (χ4n) is 3.65. The Morgan fingerprint density at radius 1 is 1.10 bits per heavy atom. The maximum Gasteiger partial charge on any atom is 0.573 e. The number of rotatable bonds is 5. The standard InChI is InChI=1S/C22H18F4N2O3/c1-2-30-19-7-6-14(11-17(19)23)20-16(12-18-21(29)27-8-9-28(18)20)13-4-3-5-15(10-13)31-22(24,25)26/h3-7,10-12H,2,8-9H2,1H3,(H,27,29). The number of carbonyl (C=O) groups is 1. The van der Waals surface area contributed by atoms with Gasteiger partial charge in [0.25, 0.3) is 5.91 Å². The van der Waals surface area contributed by atoms with Crippen LogP contribution in [0.3, 0.4) is 0 Å². The van der Waals surface area contributed by atoms with E-state index in [1.807, 2.05) is 0 Å². The zero-order chi connectivity index (χ0) is 22.2. The van der Waals surface area contributed by atoms with Crippen LogP contribution in [0, 0.1) is 5.82 Å². The molecule has 1 N–H and O–H groups in total. The molecule has 1 aromatic heterocycles. The maximum atomic E-state index is 14.6. The first-order chi connectivity index (χ1) is 14.8. The molecule has 1 aliphatic rings. The van der Waals surface area contributed by atoms with E-state index < -0.39 is 12.2 Å². The smallest absolute Gasteiger partial charge is 0.491 e. The van der Waals surface area contributed by atoms with Crippen molar-refractivity contribution in [2.45, 2.75) is 19.8 Å². The summed E-state index contributed by atoms with van der Waals surface area (Å²) in [5.41, 5.74) is 2.23. The highest BCUT2D eigenvalue weighted by atomic mass is 19.4. The third-order valence-electron chi connectivity index (χ3n) is 4.83. The molecule has 3 aromatic rings. The average molecular weight is 434 g/mol. The van der Waals surface area contributed by atoms with Crippen molar-refractivity contribution < 1.29 is 31.8 Å². The van der Waals surface area contributed by atoms with Crippen LogP contribution in [0.4, 0.5) is 17.6 Å². The minimum absolute atomic E-state index is 0.0940. The Bertz CT molecular complexity index is 1140. The molecule has 0 fully saturated rings. The van der Waals surface area contributed by atoms with Crippen molar-refractivity contribution in [1.82, 2.24) is 9.88 Å². The number of alkyl halides is 3. The summed E-state index contributed by atoms with van der Waals surface area (Å²) in [4.78, 5) is 12.4. The number of fused-ring (bicyclic) bond motifs is 1. The number of ether oxygens (including phenoxy) is 2. The Kier molecular flexibility index (Phi) is 5.34. The fraction of sp³-hybridized carbons (Fsp3) is 0.227. The minimum Gasteiger partial charge on any atom is -0.491 e. The van der Waals surface area contributed by atoms with Crippen molar-refractivity contribution in [1.29, 1.82) is 0 Å². The van der Waals surface area contributed by atoms with E-state index in [1.54, 1.807) is 29.7 Å². The molecule has 2 aromatic carbocycles. The van der Waals surface area contributed by atoms with Crippen molar-refractivity contribution >= 4 is 5.91 Å². The van der Waals surface area contributed by atoms with Gasteiger partial charge in [-0.05, 0) is 48.9 Å². The highest BCUT2D eigenvalue weighted by molar-refractivity contribution is 5.98. The van der Waals surface area contributed by atoms with Crippen LogP contribution in [0.15, 0.2) is 48.5 Å². The number of hydrogen-bond donors (Lipinski definition) is 1. The monoisotopic (exact) mass is 434 g/mol. The highest BCUT2D eigenvalue weighted by Crippen LogP contribution is 2.39. The number of hydrogen-bond acceptors (Lipinski definition) is 3. The van der Waals surface area contributed by atoms with Gasteiger partial charge in [0.1, 0.15) is 11.4 Å². The Balaban J connectivity index is 1.87. The zero-order valence-corrected chi connectivity index (χ0v) is 16.4. The van der Waals surface area contributed by atoms with E-state index in [-0.39, 0.29) is 17.4 Å². The second-order valence-electron chi connectivity index (χ2n) is 6.85. The number of carbonyl (C=O) groups excluding carboxylic acids is 1. The van der Waals surface area contributed by atoms with E-state index in [9.17, 15) is 22.4 Å². The van der Waals surface area contributed by atoms with Crippen LogP contribution in [0.1, 0.15) is 17.4 Å². The first kappa shape index (κ1) is 20.8. The van der Waals surface area contributed by atoms with Gasteiger partial charge in [-0.25, -0.2) is 4.39 Å². The molecule has 0 aliphatic carbocycles. The summed E-state index contributed by atoms with van der Waals surface area (Å²) >= 11 is 0. The molecular formula is C22H18F4N2O3. The maximum absolute atomic E-state index is 14.6. The summed E-state index contributed by atoms with van der Waals surface area (Å²) in [6, 6.07) is 11.5. The van der Waals surface area contributed by atoms with Crippen molar-refractivity contribution in [2.24, 2.45) is 0 Å². The van der Waals surface area contributed by atoms with Crippen LogP contribution < -0.4 is 14.8 Å². The van der Waals surface area contributed by atoms with Crippen LogP contribution in [-0.4, -0.2) is 30.0 Å². The number of nitrogens with zero attached hydrogens (tertiary/aromatic N) is 1. The minimum atomic E-state index is -4.83. The van der Waals surface area contributed by atoms with Gasteiger partial charge in [0.2, 0.25) is 0 Å². The van der Waals surface area contributed by atoms with Crippen LogP contribution in [0.5, 0.6) is 11.5 Å². The summed E-state index contributed by atoms with van der Waals surface area (Å²) in [7, 11) is 0. The van der Waals surface area contributed by atoms with Gasteiger partial charge in [-0.2, -0.15) is 0 Å². The average Bonchev–Trinajstić information content (AvgIpc) is 3.10. The van der Waals surface area contributed by atoms with Gasteiger partial charge in [0.15, 0.2) is 11.6 Å². The first-order valence-corrected chi connectivity index (χ1v) is 9.57. The van der Waals surface area contributed by atoms with Crippen molar-refractivity contribution in [3.63, 3.8) is 0 Å². The second kappa shape index (κ2) is 7.98. The van der Waals surface area contributed by atoms with Gasteiger partial charge >= 0.3 is 6.36 Å². The van der Waals surface area contributed by atoms with Gasteiger partial charge < -0.3 is 19.4 Å². The molecule has 0 spiro atoms. The molecule has 0 radical (unpaired) electrons. The fourth-order valence-corrected chi connectivity index (χ4v) is 3.65. The quantitative estimate of drug-likeness (QED) is 0.575. The lowest BCUT2D eigenvalue weighted by Gasteiger charge is -2.19. The Labute approximate surface area is 175 Å². The molecule has 1 amide bonds. The lowest BCUT2D eigenvalue weighted by Crippen LogP contribution is -2.35. The van der Waals surface area contributed by atoms with Crippen LogP contribution >= 0.6 is 0 Å². The molecule has 31 heavy (non-hydrogen) atoms. The van der Waals surface area contributed by atoms with Crippen molar-refractivity contribution in [3.05, 3.63) is 60.0 Å². The summed E-state index contributed by atoms with van der Waals surface area (Å²) in [5.74, 6) is -1.18. The number of nitrogens with one attached hydrogen (secondary N) is 1. The molecule has 5 nitrogen and oxygen atoms in total. The first-order valence-electron chi connectivity index (χ1n) is 9.57. The highest BCUT2D eigenvalue weighted by Gasteiger charge is 2.31. The normalized spacial score (nSPS) is 13.5. The van der Waals surface area contributed by atoms with Crippen molar-refractivity contribution in [3.8, 4) is 33.9 Å². The van der Waals surface area contributed by atoms with Gasteiger partial charge in [-0.1, -0.05) is 12.1 Å². The molecule has 1 aliphatic heterocycles. The number of amides is 1. The van der Waals surface area contributed by atoms with E-state index in [0.29, 0.717) is 47.8 Å². The molecule has 4 rings (SSSR count). The predicted molar refractivity (Wildman–Crippen MR) is 105 cm³/mol. The molecular weight excluding hydrogens is 416 g/mol.